The normalized spacial score (nSPS) is 14.3. The lowest BCUT2D eigenvalue weighted by Gasteiger charge is -2.26. The maximum Gasteiger partial charge on any atom is 0.262 e. The fraction of sp³-hybridized carbons (Fsp3) is 0.0800. The van der Waals surface area contributed by atoms with E-state index in [9.17, 15) is 14.0 Å². The molecule has 0 radical (unpaired) electrons. The lowest BCUT2D eigenvalue weighted by Crippen LogP contribution is -2.36. The Bertz CT molecular complexity index is 1290. The zero-order valence-corrected chi connectivity index (χ0v) is 17.3. The van der Waals surface area contributed by atoms with Crippen molar-refractivity contribution >= 4 is 35.1 Å². The third-order valence-corrected chi connectivity index (χ3v) is 5.22. The van der Waals surface area contributed by atoms with Gasteiger partial charge in [-0.05, 0) is 59.7 Å². The molecule has 6 heteroatoms. The molecule has 2 heterocycles. The Morgan fingerprint density at radius 3 is 2.61 bits per heavy atom. The van der Waals surface area contributed by atoms with Crippen LogP contribution in [0.4, 0.5) is 10.1 Å². The molecule has 4 nitrogen and oxygen atoms in total. The second kappa shape index (κ2) is 8.55. The van der Waals surface area contributed by atoms with E-state index in [4.69, 9.17) is 11.6 Å². The molecule has 0 N–H and O–H groups in total. The van der Waals surface area contributed by atoms with Crippen molar-refractivity contribution in [3.05, 3.63) is 99.6 Å². The number of pyridine rings is 1. The van der Waals surface area contributed by atoms with E-state index in [0.717, 1.165) is 5.56 Å². The summed E-state index contributed by atoms with van der Waals surface area (Å²) in [4.78, 5) is 31.2. The molecule has 0 saturated carbocycles. The summed E-state index contributed by atoms with van der Waals surface area (Å²) in [5, 5.41) is -0.0270. The number of anilines is 1. The van der Waals surface area contributed by atoms with Gasteiger partial charge in [0.2, 0.25) is 5.78 Å². The number of hydrogen-bond donors (Lipinski definition) is 0. The van der Waals surface area contributed by atoms with Crippen molar-refractivity contribution in [3.8, 4) is 11.8 Å². The highest BCUT2D eigenvalue weighted by Crippen LogP contribution is 2.31. The molecule has 1 aromatic heterocycles. The molecule has 0 bridgehead atoms. The van der Waals surface area contributed by atoms with Gasteiger partial charge in [0, 0.05) is 37.0 Å². The molecular formula is C25H16ClFN2O2. The van der Waals surface area contributed by atoms with Crippen LogP contribution in [0.25, 0.3) is 6.08 Å². The molecule has 1 amide bonds. The number of ketones is 1. The van der Waals surface area contributed by atoms with Crippen LogP contribution in [0.15, 0.2) is 66.5 Å². The lowest BCUT2D eigenvalue weighted by molar-refractivity contribution is -0.114. The van der Waals surface area contributed by atoms with Gasteiger partial charge in [0.15, 0.2) is 0 Å². The van der Waals surface area contributed by atoms with E-state index in [1.165, 1.54) is 23.1 Å². The number of halogens is 2. The molecule has 0 atom stereocenters. The zero-order chi connectivity index (χ0) is 22.0. The number of aromatic nitrogens is 1. The maximum absolute atomic E-state index is 13.8. The first kappa shape index (κ1) is 20.5. The average molecular weight is 431 g/mol. The van der Waals surface area contributed by atoms with E-state index in [0.29, 0.717) is 28.8 Å². The average Bonchev–Trinajstić information content (AvgIpc) is 2.78. The molecule has 2 aromatic carbocycles. The summed E-state index contributed by atoms with van der Waals surface area (Å²) in [6.45, 7) is 0. The monoisotopic (exact) mass is 430 g/mol. The SMILES string of the molecule is CN1C(=O)/C(=C/c2ccc(Cl)c(F)c2)C(=O)c2cc(C#CCc3ccncc3)ccc21. The van der Waals surface area contributed by atoms with E-state index in [1.54, 1.807) is 43.7 Å². The van der Waals surface area contributed by atoms with Gasteiger partial charge in [0.05, 0.1) is 16.3 Å². The van der Waals surface area contributed by atoms with E-state index in [1.807, 2.05) is 12.1 Å². The predicted molar refractivity (Wildman–Crippen MR) is 118 cm³/mol. The third-order valence-electron chi connectivity index (χ3n) is 4.91. The number of rotatable bonds is 2. The second-order valence-corrected chi connectivity index (χ2v) is 7.40. The van der Waals surface area contributed by atoms with Crippen molar-refractivity contribution in [1.82, 2.24) is 4.98 Å². The predicted octanol–water partition coefficient (Wildman–Crippen LogP) is 4.71. The van der Waals surface area contributed by atoms with Gasteiger partial charge in [-0.15, -0.1) is 0 Å². The summed E-state index contributed by atoms with van der Waals surface area (Å²) in [5.74, 6) is 4.64. The Balaban J connectivity index is 1.67. The summed E-state index contributed by atoms with van der Waals surface area (Å²) in [7, 11) is 1.60. The number of fused-ring (bicyclic) bond motifs is 1. The first-order chi connectivity index (χ1) is 14.9. The number of amides is 1. The largest absolute Gasteiger partial charge is 0.311 e. The highest BCUT2D eigenvalue weighted by Gasteiger charge is 2.32. The fourth-order valence-electron chi connectivity index (χ4n) is 3.27. The van der Waals surface area contributed by atoms with Gasteiger partial charge in [0.25, 0.3) is 5.91 Å². The molecule has 152 valence electrons. The van der Waals surface area contributed by atoms with Gasteiger partial charge in [-0.1, -0.05) is 29.5 Å². The first-order valence-electron chi connectivity index (χ1n) is 9.45. The van der Waals surface area contributed by atoms with Crippen LogP contribution in [0.5, 0.6) is 0 Å². The van der Waals surface area contributed by atoms with E-state index < -0.39 is 17.5 Å². The fourth-order valence-corrected chi connectivity index (χ4v) is 3.38. The Kier molecular flexibility index (Phi) is 5.66. The summed E-state index contributed by atoms with van der Waals surface area (Å²) >= 11 is 5.72. The van der Waals surface area contributed by atoms with Crippen LogP contribution in [0, 0.1) is 17.7 Å². The van der Waals surface area contributed by atoms with Crippen molar-refractivity contribution < 1.29 is 14.0 Å². The molecule has 31 heavy (non-hydrogen) atoms. The number of benzene rings is 2. The molecule has 0 spiro atoms. The van der Waals surface area contributed by atoms with Crippen LogP contribution >= 0.6 is 11.6 Å². The number of nitrogens with zero attached hydrogens (tertiary/aromatic N) is 2. The van der Waals surface area contributed by atoms with Crippen LogP contribution < -0.4 is 4.90 Å². The highest BCUT2D eigenvalue weighted by atomic mass is 35.5. The summed E-state index contributed by atoms with van der Waals surface area (Å²) in [6, 6.07) is 13.1. The van der Waals surface area contributed by atoms with Gasteiger partial charge in [-0.25, -0.2) is 4.39 Å². The quantitative estimate of drug-likeness (QED) is 0.336. The van der Waals surface area contributed by atoms with Crippen molar-refractivity contribution in [2.45, 2.75) is 6.42 Å². The number of carbonyl (C=O) groups is 2. The number of hydrogen-bond acceptors (Lipinski definition) is 3. The lowest BCUT2D eigenvalue weighted by atomic mass is 9.92. The molecule has 4 rings (SSSR count). The molecule has 0 saturated heterocycles. The summed E-state index contributed by atoms with van der Waals surface area (Å²) < 4.78 is 13.8. The minimum Gasteiger partial charge on any atom is -0.311 e. The standard InChI is InChI=1S/C25H16ClFN2O2/c1-29-23-8-6-17(4-2-3-16-9-11-28-12-10-16)13-19(23)24(30)20(25(29)31)14-18-5-7-21(26)22(27)15-18/h5-15H,3H2,1H3/b20-14+. The Morgan fingerprint density at radius 2 is 1.87 bits per heavy atom. The van der Waals surface area contributed by atoms with Crippen LogP contribution in [0.3, 0.4) is 0 Å². The Hall–Kier alpha value is -3.75. The van der Waals surface area contributed by atoms with E-state index in [-0.39, 0.29) is 10.6 Å². The topological polar surface area (TPSA) is 50.3 Å². The molecule has 0 fully saturated rings. The Morgan fingerprint density at radius 1 is 1.10 bits per heavy atom. The zero-order valence-electron chi connectivity index (χ0n) is 16.5. The van der Waals surface area contributed by atoms with Crippen LogP contribution in [0.1, 0.15) is 27.0 Å². The Labute approximate surface area is 184 Å². The number of likely N-dealkylation sites (N-methyl/N-ethyl adjacent to an activating group) is 1. The summed E-state index contributed by atoms with van der Waals surface area (Å²) in [6.07, 6.45) is 5.36. The van der Waals surface area contributed by atoms with Gasteiger partial charge in [-0.3, -0.25) is 14.6 Å². The maximum atomic E-state index is 13.8. The smallest absolute Gasteiger partial charge is 0.262 e. The van der Waals surface area contributed by atoms with Gasteiger partial charge in [-0.2, -0.15) is 0 Å². The molecule has 0 aliphatic carbocycles. The molecule has 0 unspecified atom stereocenters. The number of carbonyl (C=O) groups excluding carboxylic acids is 2. The van der Waals surface area contributed by atoms with Gasteiger partial charge < -0.3 is 4.90 Å². The van der Waals surface area contributed by atoms with Gasteiger partial charge in [0.1, 0.15) is 5.82 Å². The van der Waals surface area contributed by atoms with Crippen LogP contribution in [0.2, 0.25) is 5.02 Å². The van der Waals surface area contributed by atoms with Crippen LogP contribution in [-0.4, -0.2) is 23.7 Å². The number of Topliss-reactive ketones (excluding diaryl/α,β-unsaturated/α-hetero) is 1. The minimum atomic E-state index is -0.618. The van der Waals surface area contributed by atoms with Crippen molar-refractivity contribution in [2.75, 3.05) is 11.9 Å². The molecular weight excluding hydrogens is 415 g/mol. The van der Waals surface area contributed by atoms with Crippen LogP contribution in [-0.2, 0) is 11.2 Å². The summed E-state index contributed by atoms with van der Waals surface area (Å²) in [5.41, 5.74) is 2.93. The molecule has 3 aromatic rings. The van der Waals surface area contributed by atoms with E-state index >= 15 is 0 Å². The van der Waals surface area contributed by atoms with Gasteiger partial charge >= 0.3 is 0 Å². The first-order valence-corrected chi connectivity index (χ1v) is 9.83. The van der Waals surface area contributed by atoms with Crippen molar-refractivity contribution in [2.24, 2.45) is 0 Å². The molecule has 1 aliphatic heterocycles. The highest BCUT2D eigenvalue weighted by molar-refractivity contribution is 6.36. The minimum absolute atomic E-state index is 0.0270. The second-order valence-electron chi connectivity index (χ2n) is 6.99. The third kappa shape index (κ3) is 4.25. The van der Waals surface area contributed by atoms with Crippen molar-refractivity contribution in [3.63, 3.8) is 0 Å². The van der Waals surface area contributed by atoms with Crippen molar-refractivity contribution in [1.29, 1.82) is 0 Å². The van der Waals surface area contributed by atoms with E-state index in [2.05, 4.69) is 16.8 Å². The molecule has 1 aliphatic rings.